The molecule has 1 fully saturated rings. The number of hydrogen-bond acceptors (Lipinski definition) is 3. The van der Waals surface area contributed by atoms with Gasteiger partial charge < -0.3 is 15.6 Å². The Morgan fingerprint density at radius 3 is 2.50 bits per heavy atom. The molecular weight excluding hydrogens is 356 g/mol. The summed E-state index contributed by atoms with van der Waals surface area (Å²) in [6.07, 6.45) is 0.499. The average Bonchev–Trinajstić information content (AvgIpc) is 3.25. The molecule has 7 nitrogen and oxygen atoms in total. The third-order valence-electron chi connectivity index (χ3n) is 4.77. The van der Waals surface area contributed by atoms with E-state index in [1.54, 1.807) is 18.2 Å². The summed E-state index contributed by atoms with van der Waals surface area (Å²) in [5, 5.41) is 6.71. The van der Waals surface area contributed by atoms with Gasteiger partial charge in [-0.3, -0.25) is 14.5 Å². The van der Waals surface area contributed by atoms with E-state index in [2.05, 4.69) is 15.6 Å². The lowest BCUT2D eigenvalue weighted by Crippen LogP contribution is -2.31. The van der Waals surface area contributed by atoms with Gasteiger partial charge in [0.15, 0.2) is 0 Å². The number of benzene rings is 2. The Kier molecular flexibility index (Phi) is 4.80. The summed E-state index contributed by atoms with van der Waals surface area (Å²) in [5.74, 6) is -0.355. The topological polar surface area (TPSA) is 94.3 Å². The lowest BCUT2D eigenvalue weighted by molar-refractivity contribution is -0.139. The highest BCUT2D eigenvalue weighted by atomic mass is 16.2. The Balaban J connectivity index is 1.40. The molecule has 1 saturated heterocycles. The van der Waals surface area contributed by atoms with Crippen LogP contribution >= 0.6 is 0 Å². The third kappa shape index (κ3) is 3.73. The first-order valence-corrected chi connectivity index (χ1v) is 9.13. The molecule has 3 aromatic rings. The Hall–Kier alpha value is -3.61. The van der Waals surface area contributed by atoms with Crippen molar-refractivity contribution in [1.29, 1.82) is 0 Å². The molecule has 0 spiro atoms. The number of H-pyrrole nitrogens is 1. The number of urea groups is 1. The molecule has 4 amide bonds. The van der Waals surface area contributed by atoms with Gasteiger partial charge >= 0.3 is 6.03 Å². The summed E-state index contributed by atoms with van der Waals surface area (Å²) in [6.45, 7) is 0.516. The van der Waals surface area contributed by atoms with Crippen LogP contribution in [-0.2, 0) is 22.7 Å². The minimum absolute atomic E-state index is 0.163. The molecule has 0 saturated carbocycles. The van der Waals surface area contributed by atoms with Gasteiger partial charge in [-0.05, 0) is 29.1 Å². The number of anilines is 1. The highest BCUT2D eigenvalue weighted by molar-refractivity contribution is 6.02. The fourth-order valence-electron chi connectivity index (χ4n) is 3.32. The number of carbonyl (C=O) groups is 3. The smallest absolute Gasteiger partial charge is 0.319 e. The Labute approximate surface area is 161 Å². The average molecular weight is 376 g/mol. The second-order valence-electron chi connectivity index (χ2n) is 6.72. The maximum absolute atomic E-state index is 12.3. The Morgan fingerprint density at radius 2 is 1.71 bits per heavy atom. The molecule has 0 radical (unpaired) electrons. The molecule has 1 aliphatic rings. The monoisotopic (exact) mass is 376 g/mol. The van der Waals surface area contributed by atoms with E-state index in [0.29, 0.717) is 17.8 Å². The number of nitrogens with one attached hydrogen (secondary N) is 3. The molecule has 7 heteroatoms. The van der Waals surface area contributed by atoms with Crippen molar-refractivity contribution in [1.82, 2.24) is 15.2 Å². The molecular formula is C21H20N4O3. The number of amides is 4. The van der Waals surface area contributed by atoms with Crippen molar-refractivity contribution in [3.05, 3.63) is 65.9 Å². The number of carbonyl (C=O) groups excluding carboxylic acids is 3. The molecule has 28 heavy (non-hydrogen) atoms. The molecule has 2 heterocycles. The summed E-state index contributed by atoms with van der Waals surface area (Å²) in [7, 11) is 0. The van der Waals surface area contributed by atoms with E-state index >= 15 is 0 Å². The number of hydrogen-bond donors (Lipinski definition) is 3. The van der Waals surface area contributed by atoms with E-state index in [1.807, 2.05) is 36.4 Å². The first-order chi connectivity index (χ1) is 13.6. The largest absolute Gasteiger partial charge is 0.357 e. The maximum atomic E-state index is 12.3. The van der Waals surface area contributed by atoms with Crippen molar-refractivity contribution in [3.8, 4) is 0 Å². The van der Waals surface area contributed by atoms with Crippen LogP contribution in [0.2, 0.25) is 0 Å². The zero-order chi connectivity index (χ0) is 19.5. The van der Waals surface area contributed by atoms with Gasteiger partial charge in [0.25, 0.3) is 0 Å². The van der Waals surface area contributed by atoms with Crippen molar-refractivity contribution in [2.24, 2.45) is 0 Å². The number of nitrogens with zero attached hydrogens (tertiary/aromatic N) is 1. The highest BCUT2D eigenvalue weighted by Crippen LogP contribution is 2.21. The molecule has 0 atom stereocenters. The highest BCUT2D eigenvalue weighted by Gasteiger charge is 2.29. The SMILES string of the molecule is O=C(NCc1cc2ccccc2[nH]1)Nc1ccccc1CN1C(=O)CCC1=O. The predicted octanol–water partition coefficient (Wildman–Crippen LogP) is 3.14. The number of fused-ring (bicyclic) bond motifs is 1. The molecule has 0 bridgehead atoms. The lowest BCUT2D eigenvalue weighted by atomic mass is 10.1. The predicted molar refractivity (Wildman–Crippen MR) is 105 cm³/mol. The fourth-order valence-corrected chi connectivity index (χ4v) is 3.32. The standard InChI is InChI=1S/C21H20N4O3/c26-19-9-10-20(27)25(19)13-15-6-2-4-8-18(15)24-21(28)22-12-16-11-14-5-1-3-7-17(14)23-16/h1-8,11,23H,9-10,12-13H2,(H2,22,24,28). The summed E-state index contributed by atoms with van der Waals surface area (Å²) < 4.78 is 0. The van der Waals surface area contributed by atoms with Gasteiger partial charge in [-0.1, -0.05) is 36.4 Å². The third-order valence-corrected chi connectivity index (χ3v) is 4.77. The summed E-state index contributed by atoms with van der Waals surface area (Å²) >= 11 is 0. The number of imide groups is 1. The number of aromatic amines is 1. The second-order valence-corrected chi connectivity index (χ2v) is 6.72. The van der Waals surface area contributed by atoms with E-state index in [4.69, 9.17) is 0 Å². The van der Waals surface area contributed by atoms with E-state index < -0.39 is 0 Å². The molecule has 2 aromatic carbocycles. The van der Waals surface area contributed by atoms with Gasteiger partial charge in [0.2, 0.25) is 11.8 Å². The van der Waals surface area contributed by atoms with Crippen LogP contribution in [0.25, 0.3) is 10.9 Å². The summed E-state index contributed by atoms with van der Waals surface area (Å²) in [4.78, 5) is 40.6. The molecule has 3 N–H and O–H groups in total. The van der Waals surface area contributed by atoms with Gasteiger partial charge in [-0.2, -0.15) is 0 Å². The van der Waals surface area contributed by atoms with Crippen molar-refractivity contribution in [2.45, 2.75) is 25.9 Å². The molecule has 142 valence electrons. The number of rotatable bonds is 5. The van der Waals surface area contributed by atoms with Crippen LogP contribution in [-0.4, -0.2) is 27.7 Å². The van der Waals surface area contributed by atoms with E-state index in [1.165, 1.54) is 4.90 Å². The van der Waals surface area contributed by atoms with Gasteiger partial charge in [-0.25, -0.2) is 4.79 Å². The van der Waals surface area contributed by atoms with Gasteiger partial charge in [0, 0.05) is 29.7 Å². The fraction of sp³-hybridized carbons (Fsp3) is 0.190. The van der Waals surface area contributed by atoms with Gasteiger partial charge in [0.05, 0.1) is 13.1 Å². The van der Waals surface area contributed by atoms with Crippen LogP contribution in [0.1, 0.15) is 24.1 Å². The van der Waals surface area contributed by atoms with Gasteiger partial charge in [-0.15, -0.1) is 0 Å². The quantitative estimate of drug-likeness (QED) is 0.597. The van der Waals surface area contributed by atoms with Crippen LogP contribution < -0.4 is 10.6 Å². The van der Waals surface area contributed by atoms with Crippen LogP contribution in [0, 0.1) is 0 Å². The molecule has 0 unspecified atom stereocenters. The lowest BCUT2D eigenvalue weighted by Gasteiger charge is -2.17. The molecule has 0 aliphatic carbocycles. The first kappa shape index (κ1) is 17.8. The minimum atomic E-state index is -0.356. The molecule has 1 aromatic heterocycles. The van der Waals surface area contributed by atoms with Crippen molar-refractivity contribution in [3.63, 3.8) is 0 Å². The molecule has 1 aliphatic heterocycles. The van der Waals surface area contributed by atoms with Crippen molar-refractivity contribution >= 4 is 34.4 Å². The second kappa shape index (κ2) is 7.56. The van der Waals surface area contributed by atoms with Crippen LogP contribution in [0.5, 0.6) is 0 Å². The summed E-state index contributed by atoms with van der Waals surface area (Å²) in [5.41, 5.74) is 3.21. The minimum Gasteiger partial charge on any atom is -0.357 e. The zero-order valence-electron chi connectivity index (χ0n) is 15.2. The van der Waals surface area contributed by atoms with E-state index in [0.717, 1.165) is 16.6 Å². The Morgan fingerprint density at radius 1 is 1.00 bits per heavy atom. The molecule has 4 rings (SSSR count). The van der Waals surface area contributed by atoms with Crippen LogP contribution in [0.4, 0.5) is 10.5 Å². The number of para-hydroxylation sites is 2. The summed E-state index contributed by atoms with van der Waals surface area (Å²) in [6, 6.07) is 16.7. The number of likely N-dealkylation sites (tertiary alicyclic amines) is 1. The Bertz CT molecular complexity index is 1010. The number of aromatic nitrogens is 1. The van der Waals surface area contributed by atoms with Crippen molar-refractivity contribution < 1.29 is 14.4 Å². The first-order valence-electron chi connectivity index (χ1n) is 9.13. The van der Waals surface area contributed by atoms with Crippen LogP contribution in [0.3, 0.4) is 0 Å². The zero-order valence-corrected chi connectivity index (χ0v) is 15.2. The van der Waals surface area contributed by atoms with Crippen LogP contribution in [0.15, 0.2) is 54.6 Å². The van der Waals surface area contributed by atoms with Crippen molar-refractivity contribution in [2.75, 3.05) is 5.32 Å². The van der Waals surface area contributed by atoms with E-state index in [-0.39, 0.29) is 37.2 Å². The maximum Gasteiger partial charge on any atom is 0.319 e. The van der Waals surface area contributed by atoms with Gasteiger partial charge in [0.1, 0.15) is 0 Å². The normalized spacial score (nSPS) is 13.9. The van der Waals surface area contributed by atoms with E-state index in [9.17, 15) is 14.4 Å².